The van der Waals surface area contributed by atoms with E-state index in [2.05, 4.69) is 42.4 Å². The van der Waals surface area contributed by atoms with Gasteiger partial charge in [0, 0.05) is 35.0 Å². The van der Waals surface area contributed by atoms with Crippen molar-refractivity contribution >= 4 is 28.3 Å². The van der Waals surface area contributed by atoms with Crippen LogP contribution in [0, 0.1) is 35.3 Å². The topological polar surface area (TPSA) is 91.8 Å². The van der Waals surface area contributed by atoms with Gasteiger partial charge in [-0.05, 0) is 37.1 Å². The monoisotopic (exact) mass is 376 g/mol. The number of hydrogen-bond acceptors (Lipinski definition) is 6. The molecule has 0 atom stereocenters. The van der Waals surface area contributed by atoms with E-state index in [1.165, 1.54) is 40.8 Å². The Balaban J connectivity index is 1.84. The van der Waals surface area contributed by atoms with Crippen LogP contribution in [0.15, 0.2) is 54.0 Å². The van der Waals surface area contributed by atoms with Gasteiger partial charge in [-0.2, -0.15) is 5.26 Å². The third kappa shape index (κ3) is 4.19. The Bertz CT molecular complexity index is 1080. The van der Waals surface area contributed by atoms with Gasteiger partial charge in [-0.1, -0.05) is 18.2 Å². The number of nitrogens with one attached hydrogen (secondary N) is 1. The van der Waals surface area contributed by atoms with Gasteiger partial charge < -0.3 is 5.32 Å². The van der Waals surface area contributed by atoms with Crippen LogP contribution >= 0.6 is 11.3 Å². The highest BCUT2D eigenvalue weighted by Gasteiger charge is 2.10. The van der Waals surface area contributed by atoms with E-state index in [0.29, 0.717) is 16.3 Å². The second-order valence-corrected chi connectivity index (χ2v) is 6.82. The number of aryl methyl sites for hydroxylation is 2. The van der Waals surface area contributed by atoms with Crippen molar-refractivity contribution in [3.8, 4) is 17.3 Å². The van der Waals surface area contributed by atoms with Crippen molar-refractivity contribution in [3.05, 3.63) is 80.3 Å². The van der Waals surface area contributed by atoms with Crippen LogP contribution in [-0.2, 0) is 0 Å². The lowest BCUT2D eigenvalue weighted by Crippen LogP contribution is -1.93. The van der Waals surface area contributed by atoms with Gasteiger partial charge in [-0.25, -0.2) is 4.98 Å². The Kier molecular flexibility index (Phi) is 5.29. The number of aromatic nitrogens is 1. The van der Waals surface area contributed by atoms with Crippen molar-refractivity contribution in [3.63, 3.8) is 0 Å². The summed E-state index contributed by atoms with van der Waals surface area (Å²) in [5, 5.41) is 25.7. The summed E-state index contributed by atoms with van der Waals surface area (Å²) in [6.45, 7) is 4.11. The molecule has 3 rings (SSSR count). The molecule has 1 N–H and O–H groups in total. The fourth-order valence-electron chi connectivity index (χ4n) is 2.44. The van der Waals surface area contributed by atoms with Crippen LogP contribution in [0.3, 0.4) is 0 Å². The number of nitrogens with zero attached hydrogens (tertiary/aromatic N) is 3. The molecule has 27 heavy (non-hydrogen) atoms. The number of non-ortho nitro benzene ring substituents is 1. The summed E-state index contributed by atoms with van der Waals surface area (Å²) in [5.41, 5.74) is 5.10. The molecule has 1 heterocycles. The molecule has 0 aliphatic rings. The molecule has 0 spiro atoms. The molecule has 0 saturated heterocycles. The minimum absolute atomic E-state index is 0.0156. The molecule has 0 aliphatic carbocycles. The highest BCUT2D eigenvalue weighted by molar-refractivity contribution is 7.11. The summed E-state index contributed by atoms with van der Waals surface area (Å²) in [6.07, 6.45) is 1.52. The first-order chi connectivity index (χ1) is 13.0. The molecule has 6 nitrogen and oxygen atoms in total. The summed E-state index contributed by atoms with van der Waals surface area (Å²) < 4.78 is 0. The first-order valence-corrected chi connectivity index (χ1v) is 9.00. The Morgan fingerprint density at radius 3 is 2.78 bits per heavy atom. The van der Waals surface area contributed by atoms with Crippen LogP contribution in [0.4, 0.5) is 11.4 Å². The predicted molar refractivity (Wildman–Crippen MR) is 107 cm³/mol. The lowest BCUT2D eigenvalue weighted by molar-refractivity contribution is -0.384. The lowest BCUT2D eigenvalue weighted by Gasteiger charge is -2.02. The fraction of sp³-hybridized carbons (Fsp3) is 0.100. The number of nitro groups is 1. The van der Waals surface area contributed by atoms with Crippen molar-refractivity contribution in [2.45, 2.75) is 13.8 Å². The average molecular weight is 376 g/mol. The van der Waals surface area contributed by atoms with Gasteiger partial charge in [0.1, 0.15) is 16.6 Å². The van der Waals surface area contributed by atoms with E-state index >= 15 is 0 Å². The lowest BCUT2D eigenvalue weighted by atomic mass is 10.1. The van der Waals surface area contributed by atoms with E-state index in [9.17, 15) is 15.4 Å². The van der Waals surface area contributed by atoms with E-state index in [1.807, 2.05) is 11.4 Å². The van der Waals surface area contributed by atoms with Crippen molar-refractivity contribution in [1.82, 2.24) is 4.98 Å². The Morgan fingerprint density at radius 1 is 1.26 bits per heavy atom. The standard InChI is InChI=1S/C20H16N4O2S/c1-13-6-7-15(8-14(13)2)19-12-27-20(23-19)16(10-21)11-22-17-4-3-5-18(9-17)24(25)26/h3-9,11-12,22H,1-2H3. The second-order valence-electron chi connectivity index (χ2n) is 5.96. The van der Waals surface area contributed by atoms with E-state index in [4.69, 9.17) is 0 Å². The first-order valence-electron chi connectivity index (χ1n) is 8.12. The van der Waals surface area contributed by atoms with Crippen LogP contribution in [0.1, 0.15) is 16.1 Å². The minimum Gasteiger partial charge on any atom is -0.360 e. The molecule has 0 radical (unpaired) electrons. The number of rotatable bonds is 5. The van der Waals surface area contributed by atoms with E-state index in [0.717, 1.165) is 11.3 Å². The summed E-state index contributed by atoms with van der Waals surface area (Å²) in [6, 6.07) is 14.4. The number of thiazole rings is 1. The number of nitro benzene ring substituents is 1. The zero-order chi connectivity index (χ0) is 19.4. The number of anilines is 1. The molecule has 3 aromatic rings. The van der Waals surface area contributed by atoms with Crippen LogP contribution < -0.4 is 5.32 Å². The quantitative estimate of drug-likeness (QED) is 0.370. The Hall–Kier alpha value is -3.50. The highest BCUT2D eigenvalue weighted by Crippen LogP contribution is 2.27. The number of allylic oxidation sites excluding steroid dienone is 1. The molecule has 0 saturated carbocycles. The fourth-order valence-corrected chi connectivity index (χ4v) is 3.23. The maximum Gasteiger partial charge on any atom is 0.271 e. The maximum atomic E-state index is 10.9. The first kappa shape index (κ1) is 18.3. The van der Waals surface area contributed by atoms with Gasteiger partial charge in [0.2, 0.25) is 0 Å². The highest BCUT2D eigenvalue weighted by atomic mass is 32.1. The SMILES string of the molecule is Cc1ccc(-c2csc(C(C#N)=CNc3cccc([N+](=O)[O-])c3)n2)cc1C. The third-order valence-corrected chi connectivity index (χ3v) is 4.97. The van der Waals surface area contributed by atoms with Gasteiger partial charge in [0.15, 0.2) is 0 Å². The molecule has 0 unspecified atom stereocenters. The van der Waals surface area contributed by atoms with Gasteiger partial charge >= 0.3 is 0 Å². The molecule has 0 amide bonds. The van der Waals surface area contributed by atoms with E-state index < -0.39 is 4.92 Å². The molecular formula is C20H16N4O2S. The number of hydrogen-bond donors (Lipinski definition) is 1. The molecular weight excluding hydrogens is 360 g/mol. The molecule has 0 bridgehead atoms. The van der Waals surface area contributed by atoms with Crippen molar-refractivity contribution in [2.24, 2.45) is 0 Å². The van der Waals surface area contributed by atoms with Crippen molar-refractivity contribution in [2.75, 3.05) is 5.32 Å². The van der Waals surface area contributed by atoms with Crippen LogP contribution in [0.25, 0.3) is 16.8 Å². The Morgan fingerprint density at radius 2 is 2.07 bits per heavy atom. The smallest absolute Gasteiger partial charge is 0.271 e. The zero-order valence-electron chi connectivity index (χ0n) is 14.8. The van der Waals surface area contributed by atoms with Crippen molar-refractivity contribution in [1.29, 1.82) is 5.26 Å². The Labute approximate surface area is 160 Å². The second kappa shape index (κ2) is 7.81. The maximum absolute atomic E-state index is 10.9. The summed E-state index contributed by atoms with van der Waals surface area (Å²) >= 11 is 1.38. The van der Waals surface area contributed by atoms with Crippen LogP contribution in [-0.4, -0.2) is 9.91 Å². The average Bonchev–Trinajstić information content (AvgIpc) is 3.15. The van der Waals surface area contributed by atoms with Gasteiger partial charge in [-0.3, -0.25) is 10.1 Å². The van der Waals surface area contributed by atoms with Crippen molar-refractivity contribution < 1.29 is 4.92 Å². The largest absolute Gasteiger partial charge is 0.360 e. The minimum atomic E-state index is -0.462. The third-order valence-electron chi connectivity index (χ3n) is 4.10. The van der Waals surface area contributed by atoms with Crippen LogP contribution in [0.5, 0.6) is 0 Å². The zero-order valence-corrected chi connectivity index (χ0v) is 15.6. The number of benzene rings is 2. The predicted octanol–water partition coefficient (Wildman–Crippen LogP) is 5.31. The molecule has 2 aromatic carbocycles. The summed E-state index contributed by atoms with van der Waals surface area (Å²) in [5.74, 6) is 0. The molecule has 0 fully saturated rings. The molecule has 134 valence electrons. The normalized spacial score (nSPS) is 11.1. The summed E-state index contributed by atoms with van der Waals surface area (Å²) in [4.78, 5) is 15.0. The van der Waals surface area contributed by atoms with Gasteiger partial charge in [-0.15, -0.1) is 11.3 Å². The van der Waals surface area contributed by atoms with Gasteiger partial charge in [0.05, 0.1) is 10.6 Å². The summed E-state index contributed by atoms with van der Waals surface area (Å²) in [7, 11) is 0. The number of nitriles is 1. The van der Waals surface area contributed by atoms with E-state index in [1.54, 1.807) is 12.1 Å². The molecule has 7 heteroatoms. The van der Waals surface area contributed by atoms with Crippen LogP contribution in [0.2, 0.25) is 0 Å². The molecule has 1 aromatic heterocycles. The van der Waals surface area contributed by atoms with E-state index in [-0.39, 0.29) is 5.69 Å². The van der Waals surface area contributed by atoms with Gasteiger partial charge in [0.25, 0.3) is 5.69 Å². The molecule has 0 aliphatic heterocycles.